The maximum atomic E-state index is 12.7. The average Bonchev–Trinajstić information content (AvgIpc) is 3.60. The molecule has 0 unspecified atom stereocenters. The minimum Gasteiger partial charge on any atom is -0.473 e. The van der Waals surface area contributed by atoms with Crippen molar-refractivity contribution in [3.63, 3.8) is 0 Å². The van der Waals surface area contributed by atoms with Crippen molar-refractivity contribution in [3.8, 4) is 28.6 Å². The highest BCUT2D eigenvalue weighted by Gasteiger charge is 2.33. The van der Waals surface area contributed by atoms with Crippen LogP contribution in [-0.4, -0.2) is 50.7 Å². The van der Waals surface area contributed by atoms with E-state index in [0.717, 1.165) is 16.8 Å². The monoisotopic (exact) mass is 624 g/mol. The molecule has 1 saturated heterocycles. The molecule has 1 N–H and O–H groups in total. The molecule has 2 heterocycles. The number of thioether (sulfide) groups is 1. The molecular formula is C30H27F3N6O4S. The first-order chi connectivity index (χ1) is 21.0. The number of halogens is 3. The number of hydrogen-bond acceptors (Lipinski definition) is 7. The number of carbonyl (C=O) groups excluding carboxylic acids is 2. The van der Waals surface area contributed by atoms with Gasteiger partial charge in [0.2, 0.25) is 5.91 Å². The van der Waals surface area contributed by atoms with Gasteiger partial charge in [0.05, 0.1) is 17.1 Å². The lowest BCUT2D eigenvalue weighted by atomic mass is 9.99. The Balaban J connectivity index is 1.17. The lowest BCUT2D eigenvalue weighted by Crippen LogP contribution is -2.33. The van der Waals surface area contributed by atoms with Gasteiger partial charge in [-0.05, 0) is 78.6 Å². The van der Waals surface area contributed by atoms with E-state index in [1.165, 1.54) is 51.9 Å². The standard InChI is InChI=1S/C30H27F3N6O4S/c1-18(2)24-13-4-19(3)14-25(24)39-26(40)15-44-29(39)36-28(41)35-17-42-22-9-5-20(6-10-22)27-34-16-38(37-27)21-7-11-23(12-8-21)43-30(31,32)33/h4-14,16,18H,15,17H2,1-3H3,(H,35,41). The molecule has 14 heteroatoms. The van der Waals surface area contributed by atoms with Crippen LogP contribution in [0, 0.1) is 6.92 Å². The third kappa shape index (κ3) is 7.37. The summed E-state index contributed by atoms with van der Waals surface area (Å²) in [5, 5.41) is 7.26. The summed E-state index contributed by atoms with van der Waals surface area (Å²) in [5.74, 6) is 0.744. The van der Waals surface area contributed by atoms with Crippen LogP contribution in [0.5, 0.6) is 11.5 Å². The zero-order valence-electron chi connectivity index (χ0n) is 23.8. The van der Waals surface area contributed by atoms with E-state index < -0.39 is 12.4 Å². The second-order valence-electron chi connectivity index (χ2n) is 9.98. The molecular weight excluding hydrogens is 597 g/mol. The van der Waals surface area contributed by atoms with Gasteiger partial charge in [0, 0.05) is 5.56 Å². The lowest BCUT2D eigenvalue weighted by Gasteiger charge is -2.22. The van der Waals surface area contributed by atoms with E-state index in [0.29, 0.717) is 28.0 Å². The molecule has 0 atom stereocenters. The van der Waals surface area contributed by atoms with Crippen LogP contribution in [0.3, 0.4) is 0 Å². The fraction of sp³-hybridized carbons (Fsp3) is 0.233. The van der Waals surface area contributed by atoms with Crippen LogP contribution in [0.25, 0.3) is 17.1 Å². The van der Waals surface area contributed by atoms with Crippen molar-refractivity contribution >= 4 is 34.6 Å². The summed E-state index contributed by atoms with van der Waals surface area (Å²) in [7, 11) is 0. The number of amides is 3. The van der Waals surface area contributed by atoms with Gasteiger partial charge in [0.25, 0.3) is 0 Å². The summed E-state index contributed by atoms with van der Waals surface area (Å²) in [6, 6.07) is 17.3. The van der Waals surface area contributed by atoms with Crippen LogP contribution in [0.1, 0.15) is 30.9 Å². The lowest BCUT2D eigenvalue weighted by molar-refractivity contribution is -0.274. The first-order valence-corrected chi connectivity index (χ1v) is 14.4. The molecule has 228 valence electrons. The second-order valence-corrected chi connectivity index (χ2v) is 10.9. The third-order valence-electron chi connectivity index (χ3n) is 6.41. The van der Waals surface area contributed by atoms with Gasteiger partial charge in [-0.3, -0.25) is 9.69 Å². The number of anilines is 1. The predicted molar refractivity (Wildman–Crippen MR) is 160 cm³/mol. The van der Waals surface area contributed by atoms with E-state index in [2.05, 4.69) is 25.1 Å². The van der Waals surface area contributed by atoms with Crippen molar-refractivity contribution in [1.82, 2.24) is 20.1 Å². The van der Waals surface area contributed by atoms with Gasteiger partial charge in [-0.2, -0.15) is 4.99 Å². The molecule has 3 amide bonds. The summed E-state index contributed by atoms with van der Waals surface area (Å²) in [4.78, 5) is 35.2. The van der Waals surface area contributed by atoms with Crippen LogP contribution < -0.4 is 19.7 Å². The molecule has 3 aromatic carbocycles. The van der Waals surface area contributed by atoms with Crippen LogP contribution in [-0.2, 0) is 4.79 Å². The summed E-state index contributed by atoms with van der Waals surface area (Å²) in [6.07, 6.45) is -3.33. The van der Waals surface area contributed by atoms with Crippen molar-refractivity contribution in [2.45, 2.75) is 33.1 Å². The maximum absolute atomic E-state index is 12.7. The minimum absolute atomic E-state index is 0.141. The number of nitrogens with one attached hydrogen (secondary N) is 1. The van der Waals surface area contributed by atoms with E-state index in [-0.39, 0.29) is 30.1 Å². The number of alkyl halides is 3. The van der Waals surface area contributed by atoms with Crippen molar-refractivity contribution < 1.29 is 32.2 Å². The van der Waals surface area contributed by atoms with Crippen LogP contribution in [0.4, 0.5) is 23.7 Å². The summed E-state index contributed by atoms with van der Waals surface area (Å²) < 4.78 is 48.1. The van der Waals surface area contributed by atoms with Crippen LogP contribution >= 0.6 is 11.8 Å². The highest BCUT2D eigenvalue weighted by Crippen LogP contribution is 2.34. The number of rotatable bonds is 8. The quantitative estimate of drug-likeness (QED) is 0.225. The Bertz CT molecular complexity index is 1690. The molecule has 0 spiro atoms. The topological polar surface area (TPSA) is 111 Å². The number of amidine groups is 1. The Morgan fingerprint density at radius 2 is 1.77 bits per heavy atom. The van der Waals surface area contributed by atoms with E-state index in [4.69, 9.17) is 4.74 Å². The van der Waals surface area contributed by atoms with Crippen molar-refractivity contribution in [2.24, 2.45) is 4.99 Å². The first kappa shape index (κ1) is 30.6. The molecule has 0 saturated carbocycles. The molecule has 1 aliphatic rings. The Labute approximate surface area is 254 Å². The van der Waals surface area contributed by atoms with Gasteiger partial charge < -0.3 is 14.8 Å². The number of hydrogen-bond donors (Lipinski definition) is 1. The summed E-state index contributed by atoms with van der Waals surface area (Å²) in [6.45, 7) is 5.87. The Hall–Kier alpha value is -4.85. The molecule has 0 radical (unpaired) electrons. The van der Waals surface area contributed by atoms with Crippen LogP contribution in [0.15, 0.2) is 78.0 Å². The Kier molecular flexibility index (Phi) is 8.90. The number of urea groups is 1. The molecule has 44 heavy (non-hydrogen) atoms. The minimum atomic E-state index is -4.77. The molecule has 1 aliphatic heterocycles. The van der Waals surface area contributed by atoms with Crippen molar-refractivity contribution in [3.05, 3.63) is 84.2 Å². The van der Waals surface area contributed by atoms with E-state index in [1.54, 1.807) is 24.3 Å². The Morgan fingerprint density at radius 3 is 2.45 bits per heavy atom. The van der Waals surface area contributed by atoms with Crippen LogP contribution in [0.2, 0.25) is 0 Å². The molecule has 1 aromatic heterocycles. The molecule has 5 rings (SSSR count). The smallest absolute Gasteiger partial charge is 0.473 e. The number of aromatic nitrogens is 3. The third-order valence-corrected chi connectivity index (χ3v) is 7.34. The normalized spacial score (nSPS) is 14.4. The second kappa shape index (κ2) is 12.8. The largest absolute Gasteiger partial charge is 0.573 e. The highest BCUT2D eigenvalue weighted by atomic mass is 32.2. The average molecular weight is 625 g/mol. The van der Waals surface area contributed by atoms with Gasteiger partial charge in [0.1, 0.15) is 17.8 Å². The zero-order chi connectivity index (χ0) is 31.4. The van der Waals surface area contributed by atoms with Gasteiger partial charge in [-0.15, -0.1) is 18.3 Å². The number of ether oxygens (including phenoxy) is 2. The summed E-state index contributed by atoms with van der Waals surface area (Å²) in [5.41, 5.74) is 3.88. The Morgan fingerprint density at radius 1 is 1.07 bits per heavy atom. The predicted octanol–water partition coefficient (Wildman–Crippen LogP) is 6.45. The number of nitrogens with zero attached hydrogens (tertiary/aromatic N) is 5. The first-order valence-electron chi connectivity index (χ1n) is 13.4. The zero-order valence-corrected chi connectivity index (χ0v) is 24.6. The van der Waals surface area contributed by atoms with E-state index in [1.807, 2.05) is 39.0 Å². The maximum Gasteiger partial charge on any atom is 0.573 e. The van der Waals surface area contributed by atoms with Crippen molar-refractivity contribution in [2.75, 3.05) is 17.4 Å². The molecule has 0 bridgehead atoms. The highest BCUT2D eigenvalue weighted by molar-refractivity contribution is 8.15. The fourth-order valence-corrected chi connectivity index (χ4v) is 5.20. The summed E-state index contributed by atoms with van der Waals surface area (Å²) >= 11 is 1.20. The number of benzene rings is 3. The molecule has 10 nitrogen and oxygen atoms in total. The number of carbonyl (C=O) groups is 2. The van der Waals surface area contributed by atoms with Crippen molar-refractivity contribution in [1.29, 1.82) is 0 Å². The SMILES string of the molecule is Cc1ccc(C(C)C)c(N2C(=O)CSC2=NC(=O)NCOc2ccc(-c3ncn(-c4ccc(OC(F)(F)F)cc4)n3)cc2)c1. The van der Waals surface area contributed by atoms with Gasteiger partial charge in [-0.25, -0.2) is 14.5 Å². The molecule has 0 aliphatic carbocycles. The van der Waals surface area contributed by atoms with Gasteiger partial charge >= 0.3 is 12.4 Å². The fourth-order valence-electron chi connectivity index (χ4n) is 4.35. The van der Waals surface area contributed by atoms with E-state index >= 15 is 0 Å². The van der Waals surface area contributed by atoms with E-state index in [9.17, 15) is 22.8 Å². The molecule has 4 aromatic rings. The molecule has 1 fully saturated rings. The number of aryl methyl sites for hydroxylation is 1. The van der Waals surface area contributed by atoms with Gasteiger partial charge in [0.15, 0.2) is 17.7 Å². The number of aliphatic imine (C=N–C) groups is 1. The van der Waals surface area contributed by atoms with Gasteiger partial charge in [-0.1, -0.05) is 37.7 Å².